The number of rotatable bonds is 6. The van der Waals surface area contributed by atoms with Crippen LogP contribution >= 0.6 is 0 Å². The van der Waals surface area contributed by atoms with Crippen LogP contribution in [0.2, 0.25) is 0 Å². The lowest BCUT2D eigenvalue weighted by Gasteiger charge is -2.14. The lowest BCUT2D eigenvalue weighted by molar-refractivity contribution is 0.0988. The summed E-state index contributed by atoms with van der Waals surface area (Å²) >= 11 is 0. The number of ether oxygens (including phenoxy) is 1. The molecule has 0 amide bonds. The predicted octanol–water partition coefficient (Wildman–Crippen LogP) is 3.35. The van der Waals surface area contributed by atoms with Crippen molar-refractivity contribution in [2.45, 2.75) is 19.6 Å². The van der Waals surface area contributed by atoms with Crippen LogP contribution in [0.25, 0.3) is 11.0 Å². The molecular weight excluding hydrogens is 274 g/mol. The summed E-state index contributed by atoms with van der Waals surface area (Å²) in [4.78, 5) is 8.04. The number of nitrogens with zero attached hydrogens (tertiary/aromatic N) is 1. The molecule has 4 nitrogen and oxygen atoms in total. The second-order valence-electron chi connectivity index (χ2n) is 5.48. The van der Waals surface area contributed by atoms with Crippen molar-refractivity contribution in [3.05, 3.63) is 65.5 Å². The molecule has 0 saturated heterocycles. The third kappa shape index (κ3) is 3.35. The van der Waals surface area contributed by atoms with Gasteiger partial charge in [-0.25, -0.2) is 4.98 Å². The summed E-state index contributed by atoms with van der Waals surface area (Å²) in [6.45, 7) is 3.26. The summed E-state index contributed by atoms with van der Waals surface area (Å²) < 4.78 is 5.82. The van der Waals surface area contributed by atoms with E-state index in [9.17, 15) is 0 Å². The molecule has 1 aromatic heterocycles. The van der Waals surface area contributed by atoms with Crippen LogP contribution in [0, 0.1) is 6.92 Å². The number of hydrogen-bond donors (Lipinski definition) is 2. The lowest BCUT2D eigenvalue weighted by atomic mass is 10.2. The Kier molecular flexibility index (Phi) is 4.51. The maximum atomic E-state index is 5.82. The van der Waals surface area contributed by atoms with Crippen molar-refractivity contribution in [2.75, 3.05) is 13.7 Å². The smallest absolute Gasteiger partial charge is 0.126 e. The number of aryl methyl sites for hydroxylation is 1. The van der Waals surface area contributed by atoms with Gasteiger partial charge in [0.15, 0.2) is 0 Å². The van der Waals surface area contributed by atoms with Gasteiger partial charge < -0.3 is 15.0 Å². The summed E-state index contributed by atoms with van der Waals surface area (Å²) in [5.41, 5.74) is 4.46. The maximum absolute atomic E-state index is 5.82. The van der Waals surface area contributed by atoms with E-state index in [-0.39, 0.29) is 6.04 Å². The number of H-pyrrole nitrogens is 1. The molecule has 0 aliphatic carbocycles. The highest BCUT2D eigenvalue weighted by Crippen LogP contribution is 2.18. The molecule has 4 heteroatoms. The van der Waals surface area contributed by atoms with E-state index in [1.807, 2.05) is 31.3 Å². The summed E-state index contributed by atoms with van der Waals surface area (Å²) in [5.74, 6) is 0.913. The van der Waals surface area contributed by atoms with Gasteiger partial charge in [0.1, 0.15) is 5.82 Å². The second-order valence-corrected chi connectivity index (χ2v) is 5.48. The summed E-state index contributed by atoms with van der Waals surface area (Å²) in [5, 5.41) is 3.26. The largest absolute Gasteiger partial charge is 0.375 e. The van der Waals surface area contributed by atoms with Crippen molar-refractivity contribution in [1.82, 2.24) is 15.3 Å². The van der Waals surface area contributed by atoms with Crippen molar-refractivity contribution in [3.63, 3.8) is 0 Å². The molecule has 0 fully saturated rings. The Morgan fingerprint density at radius 2 is 2.00 bits per heavy atom. The Balaban J connectivity index is 1.67. The predicted molar refractivity (Wildman–Crippen MR) is 88.7 cm³/mol. The third-order valence-corrected chi connectivity index (χ3v) is 3.73. The lowest BCUT2D eigenvalue weighted by Crippen LogP contribution is -2.23. The van der Waals surface area contributed by atoms with E-state index in [1.54, 1.807) is 0 Å². The van der Waals surface area contributed by atoms with E-state index in [4.69, 9.17) is 4.74 Å². The minimum absolute atomic E-state index is 0.0522. The molecule has 0 saturated carbocycles. The first-order valence-corrected chi connectivity index (χ1v) is 7.51. The quantitative estimate of drug-likeness (QED) is 0.733. The van der Waals surface area contributed by atoms with Crippen LogP contribution in [0.5, 0.6) is 0 Å². The van der Waals surface area contributed by atoms with Gasteiger partial charge in [-0.3, -0.25) is 0 Å². The van der Waals surface area contributed by atoms with Crippen molar-refractivity contribution < 1.29 is 4.74 Å². The summed E-state index contributed by atoms with van der Waals surface area (Å²) in [6, 6.07) is 16.5. The SMILES string of the molecule is CN[C@H](COCc1ccccc1)c1nc2ccc(C)cc2[nH]1. The number of fused-ring (bicyclic) bond motifs is 1. The van der Waals surface area contributed by atoms with Crippen LogP contribution in [0.15, 0.2) is 48.5 Å². The molecule has 0 aliphatic rings. The van der Waals surface area contributed by atoms with Gasteiger partial charge in [-0.15, -0.1) is 0 Å². The first kappa shape index (κ1) is 14.8. The molecule has 0 bridgehead atoms. The molecule has 1 heterocycles. The van der Waals surface area contributed by atoms with Crippen LogP contribution in [-0.2, 0) is 11.3 Å². The molecular formula is C18H21N3O. The van der Waals surface area contributed by atoms with Crippen LogP contribution < -0.4 is 5.32 Å². The Labute approximate surface area is 130 Å². The summed E-state index contributed by atoms with van der Waals surface area (Å²) in [6.07, 6.45) is 0. The van der Waals surface area contributed by atoms with Crippen LogP contribution in [0.3, 0.4) is 0 Å². The van der Waals surface area contributed by atoms with Gasteiger partial charge in [0.05, 0.1) is 30.3 Å². The van der Waals surface area contributed by atoms with Gasteiger partial charge in [-0.2, -0.15) is 0 Å². The number of benzene rings is 2. The summed E-state index contributed by atoms with van der Waals surface area (Å²) in [7, 11) is 1.93. The average molecular weight is 295 g/mol. The van der Waals surface area contributed by atoms with E-state index >= 15 is 0 Å². The molecule has 2 N–H and O–H groups in total. The third-order valence-electron chi connectivity index (χ3n) is 3.73. The van der Waals surface area contributed by atoms with Gasteiger partial charge in [0.2, 0.25) is 0 Å². The second kappa shape index (κ2) is 6.73. The Bertz CT molecular complexity index is 736. The molecule has 0 aliphatic heterocycles. The van der Waals surface area contributed by atoms with Crippen molar-refractivity contribution in [3.8, 4) is 0 Å². The first-order valence-electron chi connectivity index (χ1n) is 7.51. The van der Waals surface area contributed by atoms with Crippen LogP contribution in [0.4, 0.5) is 0 Å². The number of hydrogen-bond acceptors (Lipinski definition) is 3. The normalized spacial score (nSPS) is 12.6. The number of aromatic amines is 1. The number of imidazole rings is 1. The van der Waals surface area contributed by atoms with E-state index < -0.39 is 0 Å². The molecule has 0 unspecified atom stereocenters. The fraction of sp³-hybridized carbons (Fsp3) is 0.278. The standard InChI is InChI=1S/C18H21N3O/c1-13-8-9-15-16(10-13)21-18(20-15)17(19-2)12-22-11-14-6-4-3-5-7-14/h3-10,17,19H,11-12H2,1-2H3,(H,20,21)/t17-/m1/s1. The van der Waals surface area contributed by atoms with Crippen molar-refractivity contribution in [2.24, 2.45) is 0 Å². The van der Waals surface area contributed by atoms with Gasteiger partial charge in [-0.05, 0) is 37.2 Å². The molecule has 3 aromatic rings. The molecule has 0 spiro atoms. The van der Waals surface area contributed by atoms with Gasteiger partial charge in [0.25, 0.3) is 0 Å². The van der Waals surface area contributed by atoms with E-state index in [0.29, 0.717) is 13.2 Å². The number of likely N-dealkylation sites (N-methyl/N-ethyl adjacent to an activating group) is 1. The fourth-order valence-corrected chi connectivity index (χ4v) is 2.48. The Morgan fingerprint density at radius 1 is 1.18 bits per heavy atom. The molecule has 114 valence electrons. The highest BCUT2D eigenvalue weighted by atomic mass is 16.5. The highest BCUT2D eigenvalue weighted by Gasteiger charge is 2.14. The number of aromatic nitrogens is 2. The fourth-order valence-electron chi connectivity index (χ4n) is 2.48. The van der Waals surface area contributed by atoms with Gasteiger partial charge in [-0.1, -0.05) is 36.4 Å². The maximum Gasteiger partial charge on any atom is 0.126 e. The molecule has 3 rings (SSSR count). The van der Waals surface area contributed by atoms with E-state index in [2.05, 4.69) is 46.5 Å². The van der Waals surface area contributed by atoms with Gasteiger partial charge >= 0.3 is 0 Å². The molecule has 1 atom stereocenters. The zero-order chi connectivity index (χ0) is 15.4. The molecule has 22 heavy (non-hydrogen) atoms. The molecule has 2 aromatic carbocycles. The highest BCUT2D eigenvalue weighted by molar-refractivity contribution is 5.75. The molecule has 0 radical (unpaired) electrons. The van der Waals surface area contributed by atoms with Crippen molar-refractivity contribution >= 4 is 11.0 Å². The van der Waals surface area contributed by atoms with E-state index in [1.165, 1.54) is 11.1 Å². The Morgan fingerprint density at radius 3 is 2.77 bits per heavy atom. The van der Waals surface area contributed by atoms with Crippen LogP contribution in [0.1, 0.15) is 23.0 Å². The average Bonchev–Trinajstić information content (AvgIpc) is 2.95. The van der Waals surface area contributed by atoms with Gasteiger partial charge in [0, 0.05) is 0 Å². The zero-order valence-corrected chi connectivity index (χ0v) is 13.0. The van der Waals surface area contributed by atoms with E-state index in [0.717, 1.165) is 16.9 Å². The minimum atomic E-state index is 0.0522. The topological polar surface area (TPSA) is 49.9 Å². The number of nitrogens with one attached hydrogen (secondary N) is 2. The van der Waals surface area contributed by atoms with Crippen LogP contribution in [-0.4, -0.2) is 23.6 Å². The van der Waals surface area contributed by atoms with Crippen molar-refractivity contribution in [1.29, 1.82) is 0 Å². The zero-order valence-electron chi connectivity index (χ0n) is 13.0. The Hall–Kier alpha value is -2.17. The minimum Gasteiger partial charge on any atom is -0.375 e. The monoisotopic (exact) mass is 295 g/mol. The first-order chi connectivity index (χ1) is 10.8.